The Balaban J connectivity index is 1.37. The summed E-state index contributed by atoms with van der Waals surface area (Å²) in [5.74, 6) is -0.0974. The highest BCUT2D eigenvalue weighted by Crippen LogP contribution is 2.24. The van der Waals surface area contributed by atoms with Crippen molar-refractivity contribution in [2.75, 3.05) is 5.32 Å². The van der Waals surface area contributed by atoms with E-state index < -0.39 is 0 Å². The molecule has 148 valence electrons. The third-order valence-corrected chi connectivity index (χ3v) is 4.91. The van der Waals surface area contributed by atoms with E-state index in [9.17, 15) is 4.79 Å². The minimum Gasteiger partial charge on any atom is -0.381 e. The van der Waals surface area contributed by atoms with Crippen molar-refractivity contribution in [1.82, 2.24) is 10.3 Å². The highest BCUT2D eigenvalue weighted by molar-refractivity contribution is 5.94. The molecular weight excluding hydrogens is 370 g/mol. The molecule has 1 amide bonds. The molecule has 30 heavy (non-hydrogen) atoms. The zero-order chi connectivity index (χ0) is 20.6. The lowest BCUT2D eigenvalue weighted by Gasteiger charge is -2.12. The average molecular weight is 393 g/mol. The number of carbonyl (C=O) groups excluding carboxylic acids is 1. The normalized spacial score (nSPS) is 10.4. The SMILES string of the molecule is O=C(NCc1cccnc1)c1ccc(NCc2ccccc2-c2ccccc2)cc1. The van der Waals surface area contributed by atoms with Gasteiger partial charge >= 0.3 is 0 Å². The molecule has 1 heterocycles. The summed E-state index contributed by atoms with van der Waals surface area (Å²) in [6.07, 6.45) is 3.47. The van der Waals surface area contributed by atoms with Gasteiger partial charge < -0.3 is 10.6 Å². The molecule has 0 atom stereocenters. The molecule has 3 aromatic carbocycles. The smallest absolute Gasteiger partial charge is 0.251 e. The minimum absolute atomic E-state index is 0.0974. The van der Waals surface area contributed by atoms with Gasteiger partial charge in [-0.1, -0.05) is 60.7 Å². The summed E-state index contributed by atoms with van der Waals surface area (Å²) in [5, 5.41) is 6.37. The molecule has 4 heteroatoms. The van der Waals surface area contributed by atoms with Crippen LogP contribution in [0.5, 0.6) is 0 Å². The first kappa shape index (κ1) is 19.4. The van der Waals surface area contributed by atoms with E-state index in [2.05, 4.69) is 64.1 Å². The summed E-state index contributed by atoms with van der Waals surface area (Å²) in [4.78, 5) is 16.4. The Bertz CT molecular complexity index is 1090. The van der Waals surface area contributed by atoms with Crippen molar-refractivity contribution in [3.05, 3.63) is 120 Å². The van der Waals surface area contributed by atoms with Crippen LogP contribution in [-0.2, 0) is 13.1 Å². The van der Waals surface area contributed by atoms with E-state index in [0.29, 0.717) is 18.7 Å². The van der Waals surface area contributed by atoms with E-state index in [0.717, 1.165) is 11.3 Å². The Morgan fingerprint density at radius 1 is 0.767 bits per heavy atom. The van der Waals surface area contributed by atoms with Crippen molar-refractivity contribution >= 4 is 11.6 Å². The number of hydrogen-bond acceptors (Lipinski definition) is 3. The number of aromatic nitrogens is 1. The van der Waals surface area contributed by atoms with Crippen LogP contribution in [0.2, 0.25) is 0 Å². The molecule has 0 fully saturated rings. The maximum atomic E-state index is 12.4. The van der Waals surface area contributed by atoms with Crippen LogP contribution >= 0.6 is 0 Å². The Morgan fingerprint density at radius 3 is 2.30 bits per heavy atom. The van der Waals surface area contributed by atoms with Crippen LogP contribution in [0.3, 0.4) is 0 Å². The van der Waals surface area contributed by atoms with Gasteiger partial charge in [-0.3, -0.25) is 9.78 Å². The maximum absolute atomic E-state index is 12.4. The van der Waals surface area contributed by atoms with Crippen molar-refractivity contribution in [2.24, 2.45) is 0 Å². The molecule has 4 rings (SSSR count). The van der Waals surface area contributed by atoms with E-state index >= 15 is 0 Å². The van der Waals surface area contributed by atoms with Crippen LogP contribution in [0.1, 0.15) is 21.5 Å². The fourth-order valence-electron chi connectivity index (χ4n) is 3.30. The summed E-state index contributed by atoms with van der Waals surface area (Å²) in [6.45, 7) is 1.17. The number of amides is 1. The number of hydrogen-bond donors (Lipinski definition) is 2. The molecule has 0 aliphatic heterocycles. The summed E-state index contributed by atoms with van der Waals surface area (Å²) in [5.41, 5.74) is 6.23. The number of carbonyl (C=O) groups is 1. The Kier molecular flexibility index (Phi) is 6.16. The second-order valence-corrected chi connectivity index (χ2v) is 7.00. The predicted molar refractivity (Wildman–Crippen MR) is 121 cm³/mol. The van der Waals surface area contributed by atoms with Gasteiger partial charge in [-0.15, -0.1) is 0 Å². The lowest BCUT2D eigenvalue weighted by molar-refractivity contribution is 0.0951. The van der Waals surface area contributed by atoms with Gasteiger partial charge in [0.2, 0.25) is 0 Å². The highest BCUT2D eigenvalue weighted by atomic mass is 16.1. The monoisotopic (exact) mass is 393 g/mol. The van der Waals surface area contributed by atoms with Crippen LogP contribution in [0, 0.1) is 0 Å². The molecule has 1 aromatic heterocycles. The first-order valence-electron chi connectivity index (χ1n) is 9.94. The quantitative estimate of drug-likeness (QED) is 0.448. The summed E-state index contributed by atoms with van der Waals surface area (Å²) in [6, 6.07) is 30.1. The van der Waals surface area contributed by atoms with Gasteiger partial charge in [0, 0.05) is 36.7 Å². The van der Waals surface area contributed by atoms with Crippen molar-refractivity contribution < 1.29 is 4.79 Å². The molecule has 4 nitrogen and oxygen atoms in total. The molecule has 4 aromatic rings. The molecule has 0 spiro atoms. The Morgan fingerprint density at radius 2 is 1.53 bits per heavy atom. The van der Waals surface area contributed by atoms with E-state index in [4.69, 9.17) is 0 Å². The van der Waals surface area contributed by atoms with Crippen LogP contribution in [0.25, 0.3) is 11.1 Å². The fourth-order valence-corrected chi connectivity index (χ4v) is 3.30. The van der Waals surface area contributed by atoms with E-state index in [-0.39, 0.29) is 5.91 Å². The maximum Gasteiger partial charge on any atom is 0.251 e. The summed E-state index contributed by atoms with van der Waals surface area (Å²) < 4.78 is 0. The van der Waals surface area contributed by atoms with Crippen molar-refractivity contribution in [3.63, 3.8) is 0 Å². The van der Waals surface area contributed by atoms with Gasteiger partial charge in [0.25, 0.3) is 5.91 Å². The average Bonchev–Trinajstić information content (AvgIpc) is 2.83. The Hall–Kier alpha value is -3.92. The second-order valence-electron chi connectivity index (χ2n) is 7.00. The van der Waals surface area contributed by atoms with Gasteiger partial charge in [-0.2, -0.15) is 0 Å². The number of nitrogens with one attached hydrogen (secondary N) is 2. The van der Waals surface area contributed by atoms with Crippen LogP contribution < -0.4 is 10.6 Å². The highest BCUT2D eigenvalue weighted by Gasteiger charge is 2.07. The van der Waals surface area contributed by atoms with E-state index in [1.807, 2.05) is 42.5 Å². The number of pyridine rings is 1. The molecule has 2 N–H and O–H groups in total. The summed E-state index contributed by atoms with van der Waals surface area (Å²) in [7, 11) is 0. The number of nitrogens with zero attached hydrogens (tertiary/aromatic N) is 1. The van der Waals surface area contributed by atoms with E-state index in [1.165, 1.54) is 16.7 Å². The van der Waals surface area contributed by atoms with Crippen LogP contribution in [0.4, 0.5) is 5.69 Å². The molecule has 0 radical (unpaired) electrons. The topological polar surface area (TPSA) is 54.0 Å². The number of anilines is 1. The number of benzene rings is 3. The van der Waals surface area contributed by atoms with Gasteiger partial charge in [0.1, 0.15) is 0 Å². The van der Waals surface area contributed by atoms with Gasteiger partial charge in [0.05, 0.1) is 0 Å². The third-order valence-electron chi connectivity index (χ3n) is 4.91. The molecule has 0 bridgehead atoms. The zero-order valence-corrected chi connectivity index (χ0v) is 16.6. The molecule has 0 aliphatic rings. The molecule has 0 saturated carbocycles. The number of rotatable bonds is 7. The van der Waals surface area contributed by atoms with Gasteiger partial charge in [0.15, 0.2) is 0 Å². The zero-order valence-electron chi connectivity index (χ0n) is 16.6. The van der Waals surface area contributed by atoms with Crippen LogP contribution in [-0.4, -0.2) is 10.9 Å². The summed E-state index contributed by atoms with van der Waals surface area (Å²) >= 11 is 0. The fraction of sp³-hybridized carbons (Fsp3) is 0.0769. The first-order chi connectivity index (χ1) is 14.8. The van der Waals surface area contributed by atoms with Crippen molar-refractivity contribution in [2.45, 2.75) is 13.1 Å². The van der Waals surface area contributed by atoms with Crippen LogP contribution in [0.15, 0.2) is 103 Å². The second kappa shape index (κ2) is 9.52. The molecule has 0 saturated heterocycles. The largest absolute Gasteiger partial charge is 0.381 e. The Labute approximate surface area is 176 Å². The lowest BCUT2D eigenvalue weighted by Crippen LogP contribution is -2.22. The molecular formula is C26H23N3O. The van der Waals surface area contributed by atoms with Crippen molar-refractivity contribution in [1.29, 1.82) is 0 Å². The minimum atomic E-state index is -0.0974. The van der Waals surface area contributed by atoms with Gasteiger partial charge in [-0.05, 0) is 52.6 Å². The van der Waals surface area contributed by atoms with Crippen molar-refractivity contribution in [3.8, 4) is 11.1 Å². The standard InChI is InChI=1S/C26H23N3O/c30-26(29-18-20-7-6-16-27-17-20)22-12-14-24(15-13-22)28-19-23-10-4-5-11-25(23)21-8-2-1-3-9-21/h1-17,28H,18-19H2,(H,29,30). The first-order valence-corrected chi connectivity index (χ1v) is 9.94. The molecule has 0 unspecified atom stereocenters. The third kappa shape index (κ3) is 4.92. The lowest BCUT2D eigenvalue weighted by atomic mass is 10.00. The predicted octanol–water partition coefficient (Wildman–Crippen LogP) is 5.29. The van der Waals surface area contributed by atoms with E-state index in [1.54, 1.807) is 12.4 Å². The van der Waals surface area contributed by atoms with Gasteiger partial charge in [-0.25, -0.2) is 0 Å². The molecule has 0 aliphatic carbocycles.